The second-order valence-electron chi connectivity index (χ2n) is 8.66. The van der Waals surface area contributed by atoms with Gasteiger partial charge in [-0.2, -0.15) is 0 Å². The van der Waals surface area contributed by atoms with Crippen LogP contribution in [0, 0.1) is 5.92 Å². The summed E-state index contributed by atoms with van der Waals surface area (Å²) in [6.07, 6.45) is 3.11. The SMILES string of the molecule is CN1C(c2ccc(C(=O)NC(=O)NCc3ccc4c(c3)OCO4)cc2)=C(I)C2C=C(C(=O)O)C(O)=CC21. The van der Waals surface area contributed by atoms with Crippen molar-refractivity contribution in [1.29, 1.82) is 0 Å². The van der Waals surface area contributed by atoms with E-state index in [-0.39, 0.29) is 36.6 Å². The maximum absolute atomic E-state index is 12.6. The van der Waals surface area contributed by atoms with E-state index in [9.17, 15) is 24.6 Å². The minimum atomic E-state index is -1.18. The van der Waals surface area contributed by atoms with Gasteiger partial charge in [0.2, 0.25) is 6.79 Å². The average Bonchev–Trinajstić information content (AvgIpc) is 3.44. The van der Waals surface area contributed by atoms with Crippen LogP contribution in [0.4, 0.5) is 4.79 Å². The summed E-state index contributed by atoms with van der Waals surface area (Å²) in [5.41, 5.74) is 2.68. The molecule has 0 spiro atoms. The summed E-state index contributed by atoms with van der Waals surface area (Å²) >= 11 is 2.19. The molecular weight excluding hydrogens is 593 g/mol. The fraction of sp³-hybridized carbons (Fsp3) is 0.192. The Bertz CT molecular complexity index is 1400. The number of aliphatic hydroxyl groups excluding tert-OH is 1. The van der Waals surface area contributed by atoms with Crippen LogP contribution in [0.25, 0.3) is 5.70 Å². The number of halogens is 1. The number of urea groups is 1. The third-order valence-electron chi connectivity index (χ3n) is 6.41. The predicted octanol–water partition coefficient (Wildman–Crippen LogP) is 3.56. The van der Waals surface area contributed by atoms with Gasteiger partial charge >= 0.3 is 12.0 Å². The smallest absolute Gasteiger partial charge is 0.339 e. The van der Waals surface area contributed by atoms with Gasteiger partial charge in [-0.05, 0) is 64.1 Å². The van der Waals surface area contributed by atoms with Gasteiger partial charge in [0.15, 0.2) is 11.5 Å². The lowest BCUT2D eigenvalue weighted by molar-refractivity contribution is -0.132. The van der Waals surface area contributed by atoms with E-state index in [0.29, 0.717) is 17.1 Å². The number of fused-ring (bicyclic) bond motifs is 2. The van der Waals surface area contributed by atoms with Crippen molar-refractivity contribution in [2.24, 2.45) is 5.92 Å². The Labute approximate surface area is 225 Å². The van der Waals surface area contributed by atoms with Gasteiger partial charge in [0, 0.05) is 28.7 Å². The molecule has 0 bridgehead atoms. The molecule has 3 amide bonds. The second kappa shape index (κ2) is 9.81. The molecule has 0 saturated heterocycles. The van der Waals surface area contributed by atoms with Crippen molar-refractivity contribution in [3.63, 3.8) is 0 Å². The van der Waals surface area contributed by atoms with Crippen LogP contribution in [-0.2, 0) is 11.3 Å². The number of benzene rings is 2. The molecule has 2 aromatic rings. The summed E-state index contributed by atoms with van der Waals surface area (Å²) in [5, 5.41) is 24.5. The fourth-order valence-electron chi connectivity index (χ4n) is 4.52. The first-order valence-electron chi connectivity index (χ1n) is 11.3. The van der Waals surface area contributed by atoms with Crippen LogP contribution in [0.3, 0.4) is 0 Å². The highest BCUT2D eigenvalue weighted by atomic mass is 127. The number of rotatable bonds is 5. The Morgan fingerprint density at radius 2 is 1.81 bits per heavy atom. The number of hydrogen-bond donors (Lipinski definition) is 4. The van der Waals surface area contributed by atoms with Crippen LogP contribution < -0.4 is 20.1 Å². The number of imide groups is 1. The highest BCUT2D eigenvalue weighted by Crippen LogP contribution is 2.46. The molecule has 10 nitrogen and oxygen atoms in total. The summed E-state index contributed by atoms with van der Waals surface area (Å²) in [4.78, 5) is 38.3. The lowest BCUT2D eigenvalue weighted by Gasteiger charge is -2.28. The first-order chi connectivity index (χ1) is 17.7. The van der Waals surface area contributed by atoms with E-state index < -0.39 is 17.9 Å². The van der Waals surface area contributed by atoms with Crippen LogP contribution in [-0.4, -0.2) is 52.9 Å². The van der Waals surface area contributed by atoms with Gasteiger partial charge in [0.1, 0.15) is 5.76 Å². The number of aliphatic hydroxyl groups is 1. The zero-order valence-corrected chi connectivity index (χ0v) is 21.7. The molecule has 3 aliphatic rings. The van der Waals surface area contributed by atoms with E-state index in [2.05, 4.69) is 33.2 Å². The minimum Gasteiger partial charge on any atom is -0.507 e. The molecule has 4 N–H and O–H groups in total. The molecule has 2 heterocycles. The Morgan fingerprint density at radius 1 is 1.08 bits per heavy atom. The monoisotopic (exact) mass is 615 g/mol. The Kier molecular flexibility index (Phi) is 6.54. The molecule has 11 heteroatoms. The molecule has 5 rings (SSSR count). The van der Waals surface area contributed by atoms with Crippen LogP contribution in [0.15, 0.2) is 69.5 Å². The fourth-order valence-corrected chi connectivity index (χ4v) is 5.76. The van der Waals surface area contributed by atoms with Crippen LogP contribution >= 0.6 is 22.6 Å². The van der Waals surface area contributed by atoms with Crippen LogP contribution in [0.5, 0.6) is 11.5 Å². The van der Waals surface area contributed by atoms with E-state index in [1.54, 1.807) is 54.6 Å². The number of nitrogens with one attached hydrogen (secondary N) is 2. The number of carboxylic acids is 1. The van der Waals surface area contributed by atoms with Crippen molar-refractivity contribution in [2.45, 2.75) is 12.6 Å². The number of amides is 3. The lowest BCUT2D eigenvalue weighted by Crippen LogP contribution is -2.39. The number of likely N-dealkylation sites (N-methyl/N-ethyl adjacent to an activating group) is 1. The molecule has 190 valence electrons. The summed E-state index contributed by atoms with van der Waals surface area (Å²) in [7, 11) is 1.87. The average molecular weight is 615 g/mol. The summed E-state index contributed by atoms with van der Waals surface area (Å²) < 4.78 is 11.5. The Hall–Kier alpha value is -4.00. The third-order valence-corrected chi connectivity index (χ3v) is 7.64. The lowest BCUT2D eigenvalue weighted by atomic mass is 9.91. The summed E-state index contributed by atoms with van der Waals surface area (Å²) in [6, 6.07) is 11.3. The van der Waals surface area contributed by atoms with Gasteiger partial charge < -0.3 is 29.9 Å². The molecule has 37 heavy (non-hydrogen) atoms. The minimum absolute atomic E-state index is 0.117. The molecule has 2 aromatic carbocycles. The molecule has 0 saturated carbocycles. The largest absolute Gasteiger partial charge is 0.507 e. The quantitative estimate of drug-likeness (QED) is 0.375. The van der Waals surface area contributed by atoms with Gasteiger partial charge in [-0.25, -0.2) is 9.59 Å². The van der Waals surface area contributed by atoms with E-state index in [0.717, 1.165) is 20.4 Å². The number of ether oxygens (including phenoxy) is 2. The van der Waals surface area contributed by atoms with Crippen molar-refractivity contribution in [3.05, 3.63) is 86.2 Å². The summed E-state index contributed by atoms with van der Waals surface area (Å²) in [5.74, 6) is -0.930. The Balaban J connectivity index is 1.23. The van der Waals surface area contributed by atoms with Gasteiger partial charge in [-0.15, -0.1) is 0 Å². The zero-order valence-electron chi connectivity index (χ0n) is 19.5. The number of carboxylic acid groups (broad SMARTS) is 1. The highest BCUT2D eigenvalue weighted by molar-refractivity contribution is 14.1. The highest BCUT2D eigenvalue weighted by Gasteiger charge is 2.40. The molecule has 0 radical (unpaired) electrons. The van der Waals surface area contributed by atoms with Crippen molar-refractivity contribution >= 4 is 46.2 Å². The van der Waals surface area contributed by atoms with Crippen molar-refractivity contribution in [3.8, 4) is 11.5 Å². The normalized spacial score (nSPS) is 19.7. The number of carbonyl (C=O) groups is 3. The second-order valence-corrected chi connectivity index (χ2v) is 9.83. The maximum Gasteiger partial charge on any atom is 0.339 e. The van der Waals surface area contributed by atoms with E-state index in [1.165, 1.54) is 0 Å². The molecular formula is C26H22IN3O7. The number of nitrogens with zero attached hydrogens (tertiary/aromatic N) is 1. The molecule has 2 unspecified atom stereocenters. The van der Waals surface area contributed by atoms with Gasteiger partial charge in [-0.3, -0.25) is 10.1 Å². The topological polar surface area (TPSA) is 137 Å². The van der Waals surface area contributed by atoms with Crippen molar-refractivity contribution < 1.29 is 34.1 Å². The Morgan fingerprint density at radius 3 is 2.54 bits per heavy atom. The van der Waals surface area contributed by atoms with E-state index in [4.69, 9.17) is 9.47 Å². The molecule has 0 fully saturated rings. The number of carbonyl (C=O) groups excluding carboxylic acids is 2. The first kappa shape index (κ1) is 24.7. The molecule has 0 aromatic heterocycles. The molecule has 2 aliphatic heterocycles. The first-order valence-corrected chi connectivity index (χ1v) is 12.4. The van der Waals surface area contributed by atoms with E-state index >= 15 is 0 Å². The summed E-state index contributed by atoms with van der Waals surface area (Å²) in [6.45, 7) is 0.370. The van der Waals surface area contributed by atoms with Gasteiger partial charge in [-0.1, -0.05) is 24.3 Å². The van der Waals surface area contributed by atoms with Gasteiger partial charge in [0.25, 0.3) is 5.91 Å². The third kappa shape index (κ3) is 4.73. The van der Waals surface area contributed by atoms with Gasteiger partial charge in [0.05, 0.1) is 17.3 Å². The number of aliphatic carboxylic acids is 1. The standard InChI is InChI=1S/C26H22IN3O7/c1-30-18-10-19(31)17(25(33)34)9-16(18)22(27)23(30)14-3-5-15(6-4-14)24(32)29-26(35)28-11-13-2-7-20-21(8-13)37-12-36-20/h2-10,16,18,31H,11-12H2,1H3,(H,33,34)(H2,28,29,32,35). The van der Waals surface area contributed by atoms with Crippen LogP contribution in [0.1, 0.15) is 21.5 Å². The van der Waals surface area contributed by atoms with Crippen LogP contribution in [0.2, 0.25) is 0 Å². The number of hydrogen-bond acceptors (Lipinski definition) is 7. The molecule has 1 aliphatic carbocycles. The predicted molar refractivity (Wildman–Crippen MR) is 141 cm³/mol. The van der Waals surface area contributed by atoms with Crippen molar-refractivity contribution in [2.75, 3.05) is 13.8 Å². The van der Waals surface area contributed by atoms with Crippen molar-refractivity contribution in [1.82, 2.24) is 15.5 Å². The van der Waals surface area contributed by atoms with E-state index in [1.807, 2.05) is 11.9 Å². The molecule has 2 atom stereocenters. The maximum atomic E-state index is 12.6. The zero-order chi connectivity index (χ0) is 26.3.